The summed E-state index contributed by atoms with van der Waals surface area (Å²) < 4.78 is 10.8. The Kier molecular flexibility index (Phi) is 6.16. The van der Waals surface area contributed by atoms with Gasteiger partial charge in [0.15, 0.2) is 0 Å². The van der Waals surface area contributed by atoms with Crippen molar-refractivity contribution in [2.24, 2.45) is 0 Å². The quantitative estimate of drug-likeness (QED) is 0.801. The summed E-state index contributed by atoms with van der Waals surface area (Å²) in [6, 6.07) is 10.2. The largest absolute Gasteiger partial charge is 0.497 e. The van der Waals surface area contributed by atoms with Crippen LogP contribution in [0.4, 0.5) is 0 Å². The highest BCUT2D eigenvalue weighted by Crippen LogP contribution is 2.38. The molecule has 6 heteroatoms. The lowest BCUT2D eigenvalue weighted by Gasteiger charge is -2.26. The van der Waals surface area contributed by atoms with E-state index in [1.807, 2.05) is 36.6 Å². The fraction of sp³-hybridized carbons (Fsp3) is 0.450. The average Bonchev–Trinajstić information content (AvgIpc) is 3.33. The first-order chi connectivity index (χ1) is 12.6. The van der Waals surface area contributed by atoms with Crippen molar-refractivity contribution in [1.82, 2.24) is 10.2 Å². The van der Waals surface area contributed by atoms with Gasteiger partial charge in [-0.05, 0) is 43.8 Å². The van der Waals surface area contributed by atoms with E-state index in [0.29, 0.717) is 6.54 Å². The van der Waals surface area contributed by atoms with Crippen molar-refractivity contribution >= 4 is 17.2 Å². The summed E-state index contributed by atoms with van der Waals surface area (Å²) >= 11 is 1.66. The Morgan fingerprint density at radius 3 is 2.88 bits per heavy atom. The molecule has 1 saturated heterocycles. The predicted molar refractivity (Wildman–Crippen MR) is 104 cm³/mol. The SMILES string of the molecule is COc1ccc(C2CCCN2CC(=O)NC(C)c2cccs2)c(OC)c1. The number of nitrogens with one attached hydrogen (secondary N) is 1. The second-order valence-electron chi connectivity index (χ2n) is 6.54. The molecule has 0 bridgehead atoms. The minimum absolute atomic E-state index is 0.0408. The second kappa shape index (κ2) is 8.56. The zero-order valence-corrected chi connectivity index (χ0v) is 16.3. The number of nitrogens with zero attached hydrogens (tertiary/aromatic N) is 1. The molecule has 5 nitrogen and oxygen atoms in total. The van der Waals surface area contributed by atoms with Gasteiger partial charge in [-0.15, -0.1) is 11.3 Å². The first kappa shape index (κ1) is 18.7. The summed E-state index contributed by atoms with van der Waals surface area (Å²) in [4.78, 5) is 15.9. The minimum atomic E-state index is 0.0408. The summed E-state index contributed by atoms with van der Waals surface area (Å²) in [5.74, 6) is 1.65. The molecule has 1 aromatic carbocycles. The molecular formula is C20H26N2O3S. The van der Waals surface area contributed by atoms with Gasteiger partial charge in [-0.25, -0.2) is 0 Å². The number of methoxy groups -OCH3 is 2. The van der Waals surface area contributed by atoms with Gasteiger partial charge in [0.05, 0.1) is 26.8 Å². The molecule has 0 aliphatic carbocycles. The summed E-state index contributed by atoms with van der Waals surface area (Å²) in [5, 5.41) is 5.14. The van der Waals surface area contributed by atoms with Crippen LogP contribution in [0.25, 0.3) is 0 Å². The van der Waals surface area contributed by atoms with Crippen molar-refractivity contribution in [3.05, 3.63) is 46.2 Å². The Bertz CT molecular complexity index is 733. The Morgan fingerprint density at radius 1 is 1.35 bits per heavy atom. The Hall–Kier alpha value is -2.05. The number of likely N-dealkylation sites (tertiary alicyclic amines) is 1. The molecule has 1 fully saturated rings. The van der Waals surface area contributed by atoms with E-state index in [0.717, 1.165) is 36.4 Å². The number of amides is 1. The van der Waals surface area contributed by atoms with Crippen molar-refractivity contribution in [3.63, 3.8) is 0 Å². The lowest BCUT2D eigenvalue weighted by atomic mass is 10.0. The van der Waals surface area contributed by atoms with Crippen molar-refractivity contribution in [1.29, 1.82) is 0 Å². The predicted octanol–water partition coefficient (Wildman–Crippen LogP) is 3.78. The van der Waals surface area contributed by atoms with Crippen LogP contribution in [0, 0.1) is 0 Å². The van der Waals surface area contributed by atoms with Gasteiger partial charge in [-0.1, -0.05) is 12.1 Å². The number of thiophene rings is 1. The van der Waals surface area contributed by atoms with Crippen LogP contribution in [0.1, 0.15) is 42.3 Å². The molecule has 140 valence electrons. The molecule has 0 radical (unpaired) electrons. The van der Waals surface area contributed by atoms with E-state index < -0.39 is 0 Å². The van der Waals surface area contributed by atoms with Crippen LogP contribution in [-0.4, -0.2) is 38.1 Å². The van der Waals surface area contributed by atoms with Gasteiger partial charge in [0.2, 0.25) is 5.91 Å². The standard InChI is InChI=1S/C20H26N2O3S/c1-14(19-7-5-11-26-19)21-20(23)13-22-10-4-6-17(22)16-9-8-15(24-2)12-18(16)25-3/h5,7-9,11-12,14,17H,4,6,10,13H2,1-3H3,(H,21,23). The molecule has 1 aliphatic heterocycles. The summed E-state index contributed by atoms with van der Waals surface area (Å²) in [6.45, 7) is 3.34. The van der Waals surface area contributed by atoms with E-state index >= 15 is 0 Å². The third-order valence-corrected chi connectivity index (χ3v) is 5.91. The van der Waals surface area contributed by atoms with Gasteiger partial charge in [0.1, 0.15) is 11.5 Å². The number of rotatable bonds is 7. The Balaban J connectivity index is 1.67. The lowest BCUT2D eigenvalue weighted by Crippen LogP contribution is -2.38. The molecular weight excluding hydrogens is 348 g/mol. The second-order valence-corrected chi connectivity index (χ2v) is 7.52. The van der Waals surface area contributed by atoms with Crippen LogP contribution in [0.5, 0.6) is 11.5 Å². The number of benzene rings is 1. The molecule has 1 N–H and O–H groups in total. The van der Waals surface area contributed by atoms with Crippen molar-refractivity contribution in [3.8, 4) is 11.5 Å². The molecule has 1 aliphatic rings. The van der Waals surface area contributed by atoms with Gasteiger partial charge in [-0.2, -0.15) is 0 Å². The van der Waals surface area contributed by atoms with Crippen LogP contribution in [0.3, 0.4) is 0 Å². The van der Waals surface area contributed by atoms with Crippen LogP contribution in [0.15, 0.2) is 35.7 Å². The maximum absolute atomic E-state index is 12.5. The highest BCUT2D eigenvalue weighted by molar-refractivity contribution is 7.10. The zero-order chi connectivity index (χ0) is 18.5. The van der Waals surface area contributed by atoms with Crippen LogP contribution in [-0.2, 0) is 4.79 Å². The zero-order valence-electron chi connectivity index (χ0n) is 15.5. The van der Waals surface area contributed by atoms with Gasteiger partial charge in [0.25, 0.3) is 0 Å². The third-order valence-electron chi connectivity index (χ3n) is 4.86. The van der Waals surface area contributed by atoms with E-state index in [1.165, 1.54) is 4.88 Å². The fourth-order valence-electron chi connectivity index (χ4n) is 3.54. The van der Waals surface area contributed by atoms with Crippen LogP contribution < -0.4 is 14.8 Å². The number of carbonyl (C=O) groups excluding carboxylic acids is 1. The molecule has 2 atom stereocenters. The van der Waals surface area contributed by atoms with Crippen molar-refractivity contribution in [2.45, 2.75) is 31.8 Å². The molecule has 2 aromatic rings. The van der Waals surface area contributed by atoms with Gasteiger partial charge < -0.3 is 14.8 Å². The summed E-state index contributed by atoms with van der Waals surface area (Å²) in [6.07, 6.45) is 2.10. The summed E-state index contributed by atoms with van der Waals surface area (Å²) in [7, 11) is 3.32. The highest BCUT2D eigenvalue weighted by Gasteiger charge is 2.30. The molecule has 0 saturated carbocycles. The van der Waals surface area contributed by atoms with E-state index in [1.54, 1.807) is 25.6 Å². The molecule has 3 rings (SSSR count). The smallest absolute Gasteiger partial charge is 0.234 e. The van der Waals surface area contributed by atoms with E-state index in [4.69, 9.17) is 9.47 Å². The van der Waals surface area contributed by atoms with Gasteiger partial charge in [-0.3, -0.25) is 9.69 Å². The van der Waals surface area contributed by atoms with Crippen LogP contribution in [0.2, 0.25) is 0 Å². The molecule has 1 amide bonds. The number of hydrogen-bond acceptors (Lipinski definition) is 5. The van der Waals surface area contributed by atoms with Crippen molar-refractivity contribution in [2.75, 3.05) is 27.3 Å². The van der Waals surface area contributed by atoms with E-state index in [2.05, 4.69) is 16.3 Å². The average molecular weight is 375 g/mol. The normalized spacial score (nSPS) is 18.5. The molecule has 2 heterocycles. The minimum Gasteiger partial charge on any atom is -0.497 e. The van der Waals surface area contributed by atoms with E-state index in [-0.39, 0.29) is 18.0 Å². The monoisotopic (exact) mass is 374 g/mol. The number of hydrogen-bond donors (Lipinski definition) is 1. The molecule has 26 heavy (non-hydrogen) atoms. The highest BCUT2D eigenvalue weighted by atomic mass is 32.1. The summed E-state index contributed by atoms with van der Waals surface area (Å²) in [5.41, 5.74) is 1.12. The fourth-order valence-corrected chi connectivity index (χ4v) is 4.28. The number of ether oxygens (including phenoxy) is 2. The van der Waals surface area contributed by atoms with Crippen LogP contribution >= 0.6 is 11.3 Å². The first-order valence-corrected chi connectivity index (χ1v) is 9.79. The number of carbonyl (C=O) groups is 1. The topological polar surface area (TPSA) is 50.8 Å². The lowest BCUT2D eigenvalue weighted by molar-refractivity contribution is -0.123. The van der Waals surface area contributed by atoms with E-state index in [9.17, 15) is 4.79 Å². The third kappa shape index (κ3) is 4.19. The molecule has 0 spiro atoms. The maximum Gasteiger partial charge on any atom is 0.234 e. The molecule has 2 unspecified atom stereocenters. The van der Waals surface area contributed by atoms with Crippen molar-refractivity contribution < 1.29 is 14.3 Å². The van der Waals surface area contributed by atoms with Gasteiger partial charge in [0, 0.05) is 22.5 Å². The maximum atomic E-state index is 12.5. The first-order valence-electron chi connectivity index (χ1n) is 8.91. The Morgan fingerprint density at radius 2 is 2.19 bits per heavy atom. The molecule has 1 aromatic heterocycles. The van der Waals surface area contributed by atoms with Gasteiger partial charge >= 0.3 is 0 Å². The Labute approximate surface area is 158 Å².